The SMILES string of the molecule is CCCCCCCCCCCNCCC(=O)c1ccc(F)cc1. The molecule has 1 rings (SSSR count). The second-order valence-corrected chi connectivity index (χ2v) is 6.26. The van der Waals surface area contributed by atoms with Crippen molar-refractivity contribution in [1.82, 2.24) is 5.32 Å². The third-order valence-electron chi connectivity index (χ3n) is 4.15. The van der Waals surface area contributed by atoms with E-state index in [1.807, 2.05) is 0 Å². The molecule has 1 N–H and O–H groups in total. The molecule has 130 valence electrons. The highest BCUT2D eigenvalue weighted by molar-refractivity contribution is 5.96. The number of carbonyl (C=O) groups is 1. The zero-order chi connectivity index (χ0) is 16.8. The Labute approximate surface area is 140 Å². The van der Waals surface area contributed by atoms with Crippen molar-refractivity contribution in [2.24, 2.45) is 0 Å². The molecular weight excluding hydrogens is 289 g/mol. The van der Waals surface area contributed by atoms with Gasteiger partial charge < -0.3 is 5.32 Å². The predicted molar refractivity (Wildman–Crippen MR) is 95.4 cm³/mol. The Morgan fingerprint density at radius 2 is 1.43 bits per heavy atom. The number of nitrogens with one attached hydrogen (secondary N) is 1. The molecule has 23 heavy (non-hydrogen) atoms. The van der Waals surface area contributed by atoms with E-state index in [-0.39, 0.29) is 11.6 Å². The van der Waals surface area contributed by atoms with Crippen molar-refractivity contribution in [3.63, 3.8) is 0 Å². The summed E-state index contributed by atoms with van der Waals surface area (Å²) in [5, 5.41) is 3.32. The van der Waals surface area contributed by atoms with E-state index in [0.29, 0.717) is 18.5 Å². The first-order valence-corrected chi connectivity index (χ1v) is 9.23. The Morgan fingerprint density at radius 3 is 2.04 bits per heavy atom. The van der Waals surface area contributed by atoms with Crippen LogP contribution < -0.4 is 5.32 Å². The summed E-state index contributed by atoms with van der Waals surface area (Å²) in [5.74, 6) is -0.227. The van der Waals surface area contributed by atoms with Crippen molar-refractivity contribution < 1.29 is 9.18 Å². The molecule has 0 aliphatic heterocycles. The Kier molecular flexibility index (Phi) is 11.4. The molecule has 0 bridgehead atoms. The van der Waals surface area contributed by atoms with Gasteiger partial charge in [0.2, 0.25) is 0 Å². The Balaban J connectivity index is 1.89. The van der Waals surface area contributed by atoms with Gasteiger partial charge in [0.25, 0.3) is 0 Å². The number of unbranched alkanes of at least 4 members (excludes halogenated alkanes) is 8. The lowest BCUT2D eigenvalue weighted by atomic mass is 10.1. The van der Waals surface area contributed by atoms with Gasteiger partial charge in [-0.1, -0.05) is 58.3 Å². The van der Waals surface area contributed by atoms with Crippen LogP contribution in [0.1, 0.15) is 81.5 Å². The molecule has 0 aromatic heterocycles. The Morgan fingerprint density at radius 1 is 0.870 bits per heavy atom. The lowest BCUT2D eigenvalue weighted by Crippen LogP contribution is -2.19. The Bertz CT molecular complexity index is 416. The number of rotatable bonds is 14. The fourth-order valence-electron chi connectivity index (χ4n) is 2.67. The number of hydrogen-bond donors (Lipinski definition) is 1. The van der Waals surface area contributed by atoms with Gasteiger partial charge in [0, 0.05) is 18.5 Å². The third-order valence-corrected chi connectivity index (χ3v) is 4.15. The second kappa shape index (κ2) is 13.2. The largest absolute Gasteiger partial charge is 0.316 e. The maximum atomic E-state index is 12.8. The van der Waals surface area contributed by atoms with Gasteiger partial charge in [-0.05, 0) is 37.2 Å². The summed E-state index contributed by atoms with van der Waals surface area (Å²) in [7, 11) is 0. The minimum atomic E-state index is -0.301. The van der Waals surface area contributed by atoms with Gasteiger partial charge in [-0.3, -0.25) is 4.79 Å². The van der Waals surface area contributed by atoms with Gasteiger partial charge in [-0.15, -0.1) is 0 Å². The Hall–Kier alpha value is -1.22. The molecule has 2 nitrogen and oxygen atoms in total. The molecule has 0 saturated carbocycles. The summed E-state index contributed by atoms with van der Waals surface area (Å²) in [4.78, 5) is 11.9. The summed E-state index contributed by atoms with van der Waals surface area (Å²) in [6.45, 7) is 3.93. The summed E-state index contributed by atoms with van der Waals surface area (Å²) in [6.07, 6.45) is 12.4. The first kappa shape index (κ1) is 19.8. The molecule has 0 aliphatic rings. The lowest BCUT2D eigenvalue weighted by Gasteiger charge is -2.05. The van der Waals surface area contributed by atoms with Crippen molar-refractivity contribution >= 4 is 5.78 Å². The summed E-state index contributed by atoms with van der Waals surface area (Å²) >= 11 is 0. The topological polar surface area (TPSA) is 29.1 Å². The summed E-state index contributed by atoms with van der Waals surface area (Å²) in [6, 6.07) is 5.78. The van der Waals surface area contributed by atoms with Gasteiger partial charge in [0.15, 0.2) is 5.78 Å². The van der Waals surface area contributed by atoms with E-state index in [0.717, 1.165) is 6.54 Å². The molecule has 0 aliphatic carbocycles. The highest BCUT2D eigenvalue weighted by Crippen LogP contribution is 2.09. The van der Waals surface area contributed by atoms with Crippen LogP contribution in [0, 0.1) is 5.82 Å². The van der Waals surface area contributed by atoms with E-state index in [2.05, 4.69) is 12.2 Å². The quantitative estimate of drug-likeness (QED) is 0.361. The highest BCUT2D eigenvalue weighted by Gasteiger charge is 2.04. The zero-order valence-electron chi connectivity index (χ0n) is 14.6. The van der Waals surface area contributed by atoms with Gasteiger partial charge in [-0.25, -0.2) is 4.39 Å². The lowest BCUT2D eigenvalue weighted by molar-refractivity contribution is 0.0982. The predicted octanol–water partition coefficient (Wildman–Crippen LogP) is 5.52. The van der Waals surface area contributed by atoms with Gasteiger partial charge in [-0.2, -0.15) is 0 Å². The molecule has 0 atom stereocenters. The molecule has 0 heterocycles. The fraction of sp³-hybridized carbons (Fsp3) is 0.650. The summed E-state index contributed by atoms with van der Waals surface area (Å²) in [5.41, 5.74) is 0.594. The molecule has 0 amide bonds. The third kappa shape index (κ3) is 10.2. The number of halogens is 1. The molecule has 1 aromatic rings. The molecule has 0 radical (unpaired) electrons. The van der Waals surface area contributed by atoms with E-state index >= 15 is 0 Å². The van der Waals surface area contributed by atoms with Crippen LogP contribution in [0.5, 0.6) is 0 Å². The van der Waals surface area contributed by atoms with E-state index in [9.17, 15) is 9.18 Å². The molecule has 3 heteroatoms. The molecule has 0 unspecified atom stereocenters. The smallest absolute Gasteiger partial charge is 0.164 e. The first-order chi connectivity index (χ1) is 11.2. The standard InChI is InChI=1S/C20H32FNO/c1-2-3-4-5-6-7-8-9-10-16-22-17-15-20(23)18-11-13-19(21)14-12-18/h11-14,22H,2-10,15-17H2,1H3. The van der Waals surface area contributed by atoms with Crippen LogP contribution in [0.3, 0.4) is 0 Å². The highest BCUT2D eigenvalue weighted by atomic mass is 19.1. The average molecular weight is 321 g/mol. The number of ketones is 1. The van der Waals surface area contributed by atoms with Gasteiger partial charge >= 0.3 is 0 Å². The molecule has 0 fully saturated rings. The zero-order valence-corrected chi connectivity index (χ0v) is 14.6. The van der Waals surface area contributed by atoms with Crippen LogP contribution in [0.2, 0.25) is 0 Å². The van der Waals surface area contributed by atoms with Crippen molar-refractivity contribution in [1.29, 1.82) is 0 Å². The monoisotopic (exact) mass is 321 g/mol. The van der Waals surface area contributed by atoms with E-state index < -0.39 is 0 Å². The maximum absolute atomic E-state index is 12.8. The van der Waals surface area contributed by atoms with E-state index in [4.69, 9.17) is 0 Å². The van der Waals surface area contributed by atoms with Crippen LogP contribution in [0.4, 0.5) is 4.39 Å². The molecular formula is C20H32FNO. The molecule has 0 saturated heterocycles. The van der Waals surface area contributed by atoms with Crippen LogP contribution in [0.25, 0.3) is 0 Å². The second-order valence-electron chi connectivity index (χ2n) is 6.26. The van der Waals surface area contributed by atoms with Gasteiger partial charge in [0.1, 0.15) is 5.82 Å². The van der Waals surface area contributed by atoms with Crippen molar-refractivity contribution in [3.8, 4) is 0 Å². The average Bonchev–Trinajstić information content (AvgIpc) is 2.56. The number of Topliss-reactive ketones (excluding diaryl/α,β-unsaturated/α-hetero) is 1. The number of hydrogen-bond acceptors (Lipinski definition) is 2. The van der Waals surface area contributed by atoms with Crippen LogP contribution in [-0.2, 0) is 0 Å². The fourth-order valence-corrected chi connectivity index (χ4v) is 2.67. The molecule has 0 spiro atoms. The minimum Gasteiger partial charge on any atom is -0.316 e. The van der Waals surface area contributed by atoms with Gasteiger partial charge in [0.05, 0.1) is 0 Å². The van der Waals surface area contributed by atoms with Crippen LogP contribution in [0.15, 0.2) is 24.3 Å². The maximum Gasteiger partial charge on any atom is 0.164 e. The van der Waals surface area contributed by atoms with E-state index in [1.54, 1.807) is 12.1 Å². The van der Waals surface area contributed by atoms with Crippen molar-refractivity contribution in [3.05, 3.63) is 35.6 Å². The normalized spacial score (nSPS) is 10.9. The van der Waals surface area contributed by atoms with Crippen molar-refractivity contribution in [2.75, 3.05) is 13.1 Å². The first-order valence-electron chi connectivity index (χ1n) is 9.23. The van der Waals surface area contributed by atoms with Crippen LogP contribution >= 0.6 is 0 Å². The summed E-state index contributed by atoms with van der Waals surface area (Å²) < 4.78 is 12.8. The van der Waals surface area contributed by atoms with Crippen LogP contribution in [-0.4, -0.2) is 18.9 Å². The van der Waals surface area contributed by atoms with E-state index in [1.165, 1.54) is 69.9 Å². The number of carbonyl (C=O) groups excluding carboxylic acids is 1. The number of benzene rings is 1. The molecule has 1 aromatic carbocycles. The minimum absolute atomic E-state index is 0.0737. The van der Waals surface area contributed by atoms with Crippen molar-refractivity contribution in [2.45, 2.75) is 71.1 Å².